The molecule has 6 nitrogen and oxygen atoms in total. The van der Waals surface area contributed by atoms with Crippen molar-refractivity contribution in [3.63, 3.8) is 0 Å². The van der Waals surface area contributed by atoms with E-state index in [1.165, 1.54) is 21.7 Å². The molecule has 1 fully saturated rings. The minimum Gasteiger partial charge on any atom is -0.385 e. The summed E-state index contributed by atoms with van der Waals surface area (Å²) in [7, 11) is -3.12. The number of nitrogens with zero attached hydrogens (tertiary/aromatic N) is 2. The molecular formula is C17H24N4O2S2. The SMILES string of the molecule is CS(=O)(=O)N1CCN(C(=S)N/C=C2/CCCNc3ccccc32)CC1. The molecule has 1 aromatic rings. The Morgan fingerprint density at radius 2 is 1.96 bits per heavy atom. The average molecular weight is 381 g/mol. The molecule has 8 heteroatoms. The Balaban J connectivity index is 1.63. The maximum absolute atomic E-state index is 11.6. The molecule has 2 aliphatic rings. The van der Waals surface area contributed by atoms with Crippen molar-refractivity contribution in [1.82, 2.24) is 14.5 Å². The van der Waals surface area contributed by atoms with E-state index in [1.807, 2.05) is 23.2 Å². The first-order valence-corrected chi connectivity index (χ1v) is 10.7. The largest absolute Gasteiger partial charge is 0.385 e. The molecule has 0 amide bonds. The molecule has 0 saturated carbocycles. The van der Waals surface area contributed by atoms with Gasteiger partial charge in [-0.15, -0.1) is 0 Å². The van der Waals surface area contributed by atoms with E-state index in [9.17, 15) is 8.42 Å². The molecule has 0 bridgehead atoms. The summed E-state index contributed by atoms with van der Waals surface area (Å²) < 4.78 is 24.7. The van der Waals surface area contributed by atoms with Crippen LogP contribution in [-0.4, -0.2) is 61.7 Å². The minimum atomic E-state index is -3.12. The molecule has 1 saturated heterocycles. The van der Waals surface area contributed by atoms with Crippen molar-refractivity contribution in [2.75, 3.05) is 44.3 Å². The van der Waals surface area contributed by atoms with Crippen LogP contribution in [0.1, 0.15) is 18.4 Å². The third-order valence-electron chi connectivity index (χ3n) is 4.58. The Kier molecular flexibility index (Phi) is 5.61. The molecule has 136 valence electrons. The van der Waals surface area contributed by atoms with Crippen LogP contribution in [0.15, 0.2) is 30.5 Å². The number of thiocarbonyl (C=S) groups is 1. The molecule has 2 heterocycles. The summed E-state index contributed by atoms with van der Waals surface area (Å²) in [5.41, 5.74) is 3.59. The molecule has 0 aliphatic carbocycles. The van der Waals surface area contributed by atoms with E-state index < -0.39 is 10.0 Å². The number of sulfonamides is 1. The predicted molar refractivity (Wildman–Crippen MR) is 106 cm³/mol. The van der Waals surface area contributed by atoms with Crippen LogP contribution in [0.4, 0.5) is 5.69 Å². The van der Waals surface area contributed by atoms with Gasteiger partial charge in [-0.25, -0.2) is 8.42 Å². The van der Waals surface area contributed by atoms with Crippen LogP contribution in [0.5, 0.6) is 0 Å². The van der Waals surface area contributed by atoms with Crippen molar-refractivity contribution in [1.29, 1.82) is 0 Å². The normalized spacial score (nSPS) is 20.5. The standard InChI is InChI=1S/C17H24N4O2S2/c1-25(22,23)21-11-9-20(10-12-21)17(24)19-13-14-5-4-8-18-16-7-3-2-6-15(14)16/h2-3,6-7,13,18H,4-5,8-12H2,1H3,(H,19,24)/b14-13-. The summed E-state index contributed by atoms with van der Waals surface area (Å²) in [6, 6.07) is 8.29. The van der Waals surface area contributed by atoms with Gasteiger partial charge in [0.1, 0.15) is 0 Å². The zero-order chi connectivity index (χ0) is 17.9. The summed E-state index contributed by atoms with van der Waals surface area (Å²) >= 11 is 5.49. The van der Waals surface area contributed by atoms with Gasteiger partial charge >= 0.3 is 0 Å². The minimum absolute atomic E-state index is 0.476. The third-order valence-corrected chi connectivity index (χ3v) is 6.26. The maximum atomic E-state index is 11.6. The van der Waals surface area contributed by atoms with Gasteiger partial charge in [-0.3, -0.25) is 0 Å². The predicted octanol–water partition coefficient (Wildman–Crippen LogP) is 1.68. The van der Waals surface area contributed by atoms with Crippen molar-refractivity contribution >= 4 is 38.6 Å². The first-order chi connectivity index (χ1) is 11.9. The van der Waals surface area contributed by atoms with Crippen LogP contribution in [0.25, 0.3) is 5.57 Å². The van der Waals surface area contributed by atoms with E-state index in [-0.39, 0.29) is 0 Å². The van der Waals surface area contributed by atoms with Crippen molar-refractivity contribution in [2.45, 2.75) is 12.8 Å². The number of allylic oxidation sites excluding steroid dienone is 1. The fourth-order valence-corrected chi connectivity index (χ4v) is 4.23. The highest BCUT2D eigenvalue weighted by Gasteiger charge is 2.24. The van der Waals surface area contributed by atoms with E-state index in [4.69, 9.17) is 12.2 Å². The lowest BCUT2D eigenvalue weighted by Gasteiger charge is -2.34. The Hall–Kier alpha value is -1.64. The smallest absolute Gasteiger partial charge is 0.211 e. The summed E-state index contributed by atoms with van der Waals surface area (Å²) in [5, 5.41) is 7.34. The summed E-state index contributed by atoms with van der Waals surface area (Å²) in [5.74, 6) is 0. The highest BCUT2D eigenvalue weighted by atomic mass is 32.2. The molecule has 0 aromatic heterocycles. The number of para-hydroxylation sites is 1. The summed E-state index contributed by atoms with van der Waals surface area (Å²) in [4.78, 5) is 2.02. The van der Waals surface area contributed by atoms with Crippen LogP contribution in [0.2, 0.25) is 0 Å². The van der Waals surface area contributed by atoms with Crippen LogP contribution < -0.4 is 10.6 Å². The van der Waals surface area contributed by atoms with Gasteiger partial charge in [-0.2, -0.15) is 4.31 Å². The van der Waals surface area contributed by atoms with E-state index in [0.717, 1.165) is 25.1 Å². The zero-order valence-electron chi connectivity index (χ0n) is 14.4. The van der Waals surface area contributed by atoms with Crippen LogP contribution in [-0.2, 0) is 10.0 Å². The fourth-order valence-electron chi connectivity index (χ4n) is 3.17. The van der Waals surface area contributed by atoms with Crippen LogP contribution in [0, 0.1) is 0 Å². The average Bonchev–Trinajstić information content (AvgIpc) is 2.81. The first-order valence-electron chi connectivity index (χ1n) is 8.48. The van der Waals surface area contributed by atoms with Crippen molar-refractivity contribution < 1.29 is 8.42 Å². The second kappa shape index (κ2) is 7.72. The van der Waals surface area contributed by atoms with Gasteiger partial charge in [0.2, 0.25) is 10.0 Å². The third kappa shape index (κ3) is 4.50. The Bertz CT molecular complexity index is 769. The van der Waals surface area contributed by atoms with E-state index >= 15 is 0 Å². The Morgan fingerprint density at radius 3 is 2.68 bits per heavy atom. The Labute approximate surface area is 154 Å². The van der Waals surface area contributed by atoms with Crippen LogP contribution >= 0.6 is 12.2 Å². The number of piperazine rings is 1. The molecule has 2 aliphatic heterocycles. The molecular weight excluding hydrogens is 356 g/mol. The van der Waals surface area contributed by atoms with Gasteiger partial charge in [-0.1, -0.05) is 18.2 Å². The molecule has 3 rings (SSSR count). The second-order valence-electron chi connectivity index (χ2n) is 6.34. The van der Waals surface area contributed by atoms with Gasteiger partial charge < -0.3 is 15.5 Å². The monoisotopic (exact) mass is 380 g/mol. The lowest BCUT2D eigenvalue weighted by Crippen LogP contribution is -2.52. The molecule has 0 spiro atoms. The van der Waals surface area contributed by atoms with E-state index in [0.29, 0.717) is 31.3 Å². The zero-order valence-corrected chi connectivity index (χ0v) is 16.0. The summed E-state index contributed by atoms with van der Waals surface area (Å²) in [6.07, 6.45) is 5.31. The topological polar surface area (TPSA) is 64.7 Å². The molecule has 2 N–H and O–H groups in total. The molecule has 0 radical (unpaired) electrons. The number of nitrogens with one attached hydrogen (secondary N) is 2. The maximum Gasteiger partial charge on any atom is 0.211 e. The number of fused-ring (bicyclic) bond motifs is 1. The number of rotatable bonds is 2. The van der Waals surface area contributed by atoms with Crippen LogP contribution in [0.3, 0.4) is 0 Å². The summed E-state index contributed by atoms with van der Waals surface area (Å²) in [6.45, 7) is 3.14. The fraction of sp³-hybridized carbons (Fsp3) is 0.471. The van der Waals surface area contributed by atoms with Crippen molar-refractivity contribution in [3.8, 4) is 0 Å². The van der Waals surface area contributed by atoms with E-state index in [1.54, 1.807) is 0 Å². The quantitative estimate of drug-likeness (QED) is 0.761. The second-order valence-corrected chi connectivity index (χ2v) is 8.71. The number of anilines is 1. The van der Waals surface area contributed by atoms with Gasteiger partial charge in [0.15, 0.2) is 5.11 Å². The lowest BCUT2D eigenvalue weighted by molar-refractivity contribution is 0.266. The lowest BCUT2D eigenvalue weighted by atomic mass is 10.0. The molecule has 0 unspecified atom stereocenters. The van der Waals surface area contributed by atoms with Gasteiger partial charge in [0.25, 0.3) is 0 Å². The van der Waals surface area contributed by atoms with E-state index in [2.05, 4.69) is 22.8 Å². The molecule has 25 heavy (non-hydrogen) atoms. The van der Waals surface area contributed by atoms with Gasteiger partial charge in [-0.05, 0) is 36.7 Å². The number of hydrogen-bond acceptors (Lipinski definition) is 4. The molecule has 0 atom stereocenters. The number of hydrogen-bond donors (Lipinski definition) is 2. The Morgan fingerprint density at radius 1 is 1.24 bits per heavy atom. The number of benzene rings is 1. The highest BCUT2D eigenvalue weighted by Crippen LogP contribution is 2.29. The van der Waals surface area contributed by atoms with Gasteiger partial charge in [0, 0.05) is 50.2 Å². The highest BCUT2D eigenvalue weighted by molar-refractivity contribution is 7.88. The first kappa shape index (κ1) is 18.2. The molecule has 1 aromatic carbocycles. The van der Waals surface area contributed by atoms with Crippen molar-refractivity contribution in [3.05, 3.63) is 36.0 Å². The van der Waals surface area contributed by atoms with Crippen molar-refractivity contribution in [2.24, 2.45) is 0 Å². The van der Waals surface area contributed by atoms with Gasteiger partial charge in [0.05, 0.1) is 6.26 Å².